The molecule has 1 amide bonds. The van der Waals surface area contributed by atoms with Gasteiger partial charge in [0, 0.05) is 5.56 Å². The summed E-state index contributed by atoms with van der Waals surface area (Å²) in [5, 5.41) is 11.5. The lowest BCUT2D eigenvalue weighted by Gasteiger charge is -2.15. The molecule has 0 aliphatic carbocycles. The van der Waals surface area contributed by atoms with E-state index in [9.17, 15) is 9.18 Å². The predicted octanol–water partition coefficient (Wildman–Crippen LogP) is 3.20. The highest BCUT2D eigenvalue weighted by molar-refractivity contribution is 5.94. The molecular formula is C17H15FN2O2. The van der Waals surface area contributed by atoms with Gasteiger partial charge in [0.1, 0.15) is 0 Å². The lowest BCUT2D eigenvalue weighted by atomic mass is 10.1. The van der Waals surface area contributed by atoms with Crippen LogP contribution in [0, 0.1) is 17.1 Å². The maximum absolute atomic E-state index is 13.7. The average Bonchev–Trinajstić information content (AvgIpc) is 2.54. The van der Waals surface area contributed by atoms with Gasteiger partial charge < -0.3 is 10.1 Å². The third-order valence-corrected chi connectivity index (χ3v) is 3.30. The first kappa shape index (κ1) is 15.5. The van der Waals surface area contributed by atoms with Gasteiger partial charge in [0.2, 0.25) is 0 Å². The average molecular weight is 298 g/mol. The van der Waals surface area contributed by atoms with E-state index in [-0.39, 0.29) is 17.7 Å². The number of methoxy groups -OCH3 is 1. The summed E-state index contributed by atoms with van der Waals surface area (Å²) in [4.78, 5) is 12.1. The van der Waals surface area contributed by atoms with E-state index in [4.69, 9.17) is 10.00 Å². The summed E-state index contributed by atoms with van der Waals surface area (Å²) in [5.41, 5.74) is 1.57. The number of amides is 1. The maximum atomic E-state index is 13.7. The van der Waals surface area contributed by atoms with Gasteiger partial charge in [-0.15, -0.1) is 0 Å². The van der Waals surface area contributed by atoms with E-state index in [1.807, 2.05) is 6.07 Å². The van der Waals surface area contributed by atoms with Crippen LogP contribution in [0.15, 0.2) is 42.5 Å². The van der Waals surface area contributed by atoms with Crippen LogP contribution in [0.25, 0.3) is 0 Å². The minimum Gasteiger partial charge on any atom is -0.494 e. The molecule has 0 aliphatic rings. The fourth-order valence-corrected chi connectivity index (χ4v) is 2.01. The number of halogens is 1. The van der Waals surface area contributed by atoms with Crippen LogP contribution in [0.4, 0.5) is 4.39 Å². The highest BCUT2D eigenvalue weighted by Crippen LogP contribution is 2.22. The number of benzene rings is 2. The number of nitriles is 1. The van der Waals surface area contributed by atoms with Crippen molar-refractivity contribution >= 4 is 5.91 Å². The number of hydrogen-bond donors (Lipinski definition) is 1. The topological polar surface area (TPSA) is 62.1 Å². The molecule has 0 spiro atoms. The van der Waals surface area contributed by atoms with Gasteiger partial charge in [-0.3, -0.25) is 4.79 Å². The molecule has 0 saturated carbocycles. The molecule has 1 N–H and O–H groups in total. The van der Waals surface area contributed by atoms with E-state index in [0.717, 1.165) is 0 Å². The Bertz CT molecular complexity index is 720. The largest absolute Gasteiger partial charge is 0.494 e. The van der Waals surface area contributed by atoms with Crippen molar-refractivity contribution in [1.82, 2.24) is 5.32 Å². The van der Waals surface area contributed by atoms with E-state index >= 15 is 0 Å². The van der Waals surface area contributed by atoms with Crippen molar-refractivity contribution in [1.29, 1.82) is 5.26 Å². The summed E-state index contributed by atoms with van der Waals surface area (Å²) in [5.74, 6) is -0.595. The van der Waals surface area contributed by atoms with Gasteiger partial charge in [-0.05, 0) is 48.9 Å². The molecular weight excluding hydrogens is 283 g/mol. The summed E-state index contributed by atoms with van der Waals surface area (Å²) < 4.78 is 18.5. The molecule has 0 saturated heterocycles. The lowest BCUT2D eigenvalue weighted by molar-refractivity contribution is 0.0940. The van der Waals surface area contributed by atoms with Crippen molar-refractivity contribution in [3.05, 3.63) is 65.0 Å². The number of nitrogens with zero attached hydrogens (tertiary/aromatic N) is 1. The summed E-state index contributed by atoms with van der Waals surface area (Å²) in [6.45, 7) is 1.77. The molecule has 22 heavy (non-hydrogen) atoms. The van der Waals surface area contributed by atoms with Gasteiger partial charge in [-0.1, -0.05) is 6.07 Å². The van der Waals surface area contributed by atoms with E-state index in [2.05, 4.69) is 5.32 Å². The third-order valence-electron chi connectivity index (χ3n) is 3.30. The quantitative estimate of drug-likeness (QED) is 0.943. The Balaban J connectivity index is 2.10. The van der Waals surface area contributed by atoms with Crippen LogP contribution in [0.1, 0.15) is 34.5 Å². The van der Waals surface area contributed by atoms with Crippen LogP contribution in [0.5, 0.6) is 5.75 Å². The van der Waals surface area contributed by atoms with Crippen LogP contribution >= 0.6 is 0 Å². The summed E-state index contributed by atoms with van der Waals surface area (Å²) >= 11 is 0. The van der Waals surface area contributed by atoms with Crippen molar-refractivity contribution in [2.45, 2.75) is 13.0 Å². The van der Waals surface area contributed by atoms with Crippen LogP contribution in [-0.4, -0.2) is 13.0 Å². The number of carbonyl (C=O) groups is 1. The Kier molecular flexibility index (Phi) is 4.74. The molecule has 0 radical (unpaired) electrons. The second kappa shape index (κ2) is 6.72. The van der Waals surface area contributed by atoms with E-state index in [0.29, 0.717) is 16.7 Å². The van der Waals surface area contributed by atoms with Crippen LogP contribution < -0.4 is 10.1 Å². The van der Waals surface area contributed by atoms with E-state index < -0.39 is 5.82 Å². The first-order valence-electron chi connectivity index (χ1n) is 6.69. The molecule has 2 rings (SSSR count). The third kappa shape index (κ3) is 3.41. The van der Waals surface area contributed by atoms with Gasteiger partial charge in [-0.25, -0.2) is 4.39 Å². The lowest BCUT2D eigenvalue weighted by Crippen LogP contribution is -2.26. The van der Waals surface area contributed by atoms with Gasteiger partial charge >= 0.3 is 0 Å². The highest BCUT2D eigenvalue weighted by Gasteiger charge is 2.13. The Hall–Kier alpha value is -2.87. The molecule has 2 aromatic rings. The number of carbonyl (C=O) groups excluding carboxylic acids is 1. The van der Waals surface area contributed by atoms with Crippen molar-refractivity contribution < 1.29 is 13.9 Å². The summed E-state index contributed by atoms with van der Waals surface area (Å²) in [6.07, 6.45) is 0. The van der Waals surface area contributed by atoms with E-state index in [1.165, 1.54) is 19.2 Å². The normalized spacial score (nSPS) is 11.4. The SMILES string of the molecule is COc1ccc([C@@H](C)NC(=O)c2ccc(C#N)cc2)cc1F. The van der Waals surface area contributed by atoms with Crippen molar-refractivity contribution in [3.63, 3.8) is 0 Å². The maximum Gasteiger partial charge on any atom is 0.251 e. The molecule has 0 unspecified atom stereocenters. The molecule has 5 heteroatoms. The van der Waals surface area contributed by atoms with Gasteiger partial charge in [-0.2, -0.15) is 5.26 Å². The molecule has 112 valence electrons. The number of rotatable bonds is 4. The molecule has 4 nitrogen and oxygen atoms in total. The fourth-order valence-electron chi connectivity index (χ4n) is 2.01. The molecule has 2 aromatic carbocycles. The van der Waals surface area contributed by atoms with Gasteiger partial charge in [0.15, 0.2) is 11.6 Å². The van der Waals surface area contributed by atoms with Crippen molar-refractivity contribution in [2.75, 3.05) is 7.11 Å². The van der Waals surface area contributed by atoms with Gasteiger partial charge in [0.25, 0.3) is 5.91 Å². The summed E-state index contributed by atoms with van der Waals surface area (Å²) in [7, 11) is 1.40. The van der Waals surface area contributed by atoms with Crippen LogP contribution in [0.3, 0.4) is 0 Å². The van der Waals surface area contributed by atoms with E-state index in [1.54, 1.807) is 37.3 Å². The zero-order valence-electron chi connectivity index (χ0n) is 12.3. The number of hydrogen-bond acceptors (Lipinski definition) is 3. The zero-order chi connectivity index (χ0) is 16.1. The molecule has 0 bridgehead atoms. The summed E-state index contributed by atoms with van der Waals surface area (Å²) in [6, 6.07) is 12.5. The van der Waals surface area contributed by atoms with Crippen molar-refractivity contribution in [3.8, 4) is 11.8 Å². The molecule has 0 heterocycles. The number of nitrogens with one attached hydrogen (secondary N) is 1. The minimum absolute atomic E-state index is 0.161. The molecule has 0 aliphatic heterocycles. The smallest absolute Gasteiger partial charge is 0.251 e. The Morgan fingerprint density at radius 1 is 1.27 bits per heavy atom. The number of ether oxygens (including phenoxy) is 1. The van der Waals surface area contributed by atoms with Crippen molar-refractivity contribution in [2.24, 2.45) is 0 Å². The fraction of sp³-hybridized carbons (Fsp3) is 0.176. The Morgan fingerprint density at radius 2 is 1.95 bits per heavy atom. The highest BCUT2D eigenvalue weighted by atomic mass is 19.1. The Morgan fingerprint density at radius 3 is 2.50 bits per heavy atom. The molecule has 0 fully saturated rings. The Labute approximate surface area is 128 Å². The zero-order valence-corrected chi connectivity index (χ0v) is 12.3. The molecule has 1 atom stereocenters. The van der Waals surface area contributed by atoms with Crippen LogP contribution in [0.2, 0.25) is 0 Å². The molecule has 0 aromatic heterocycles. The first-order valence-corrected chi connectivity index (χ1v) is 6.69. The predicted molar refractivity (Wildman–Crippen MR) is 80.0 cm³/mol. The second-order valence-corrected chi connectivity index (χ2v) is 4.78. The first-order chi connectivity index (χ1) is 10.5. The van der Waals surface area contributed by atoms with Crippen LogP contribution in [-0.2, 0) is 0 Å². The van der Waals surface area contributed by atoms with Gasteiger partial charge in [0.05, 0.1) is 24.8 Å². The standard InChI is InChI=1S/C17H15FN2O2/c1-11(14-7-8-16(22-2)15(18)9-14)20-17(21)13-5-3-12(10-19)4-6-13/h3-9,11H,1-2H3,(H,20,21)/t11-/m1/s1. The second-order valence-electron chi connectivity index (χ2n) is 4.78. The minimum atomic E-state index is -0.473. The monoisotopic (exact) mass is 298 g/mol.